The molecular weight excluding hydrogens is 369 g/mol. The van der Waals surface area contributed by atoms with Crippen molar-refractivity contribution in [3.63, 3.8) is 0 Å². The van der Waals surface area contributed by atoms with E-state index in [1.54, 1.807) is 6.07 Å². The number of primary amides is 1. The van der Waals surface area contributed by atoms with E-state index >= 15 is 0 Å². The van der Waals surface area contributed by atoms with Crippen LogP contribution in [0.15, 0.2) is 42.5 Å². The Morgan fingerprint density at radius 1 is 1.22 bits per heavy atom. The maximum absolute atomic E-state index is 13.5. The quantitative estimate of drug-likeness (QED) is 0.875. The lowest BCUT2D eigenvalue weighted by atomic mass is 10.0. The first-order valence-electron chi connectivity index (χ1n) is 8.28. The van der Waals surface area contributed by atoms with Crippen molar-refractivity contribution < 1.29 is 18.8 Å². The molecule has 2 N–H and O–H groups in total. The summed E-state index contributed by atoms with van der Waals surface area (Å²) in [5, 5.41) is 0. The van der Waals surface area contributed by atoms with Crippen molar-refractivity contribution in [1.82, 2.24) is 0 Å². The van der Waals surface area contributed by atoms with Gasteiger partial charge in [0.2, 0.25) is 16.7 Å². The van der Waals surface area contributed by atoms with Crippen molar-refractivity contribution in [3.05, 3.63) is 59.4 Å². The predicted octanol–water partition coefficient (Wildman–Crippen LogP) is 1.90. The second kappa shape index (κ2) is 6.09. The van der Waals surface area contributed by atoms with Gasteiger partial charge in [-0.25, -0.2) is 4.39 Å². The van der Waals surface area contributed by atoms with Crippen molar-refractivity contribution in [1.29, 1.82) is 0 Å². The van der Waals surface area contributed by atoms with Crippen LogP contribution in [0.2, 0.25) is 0 Å². The lowest BCUT2D eigenvalue weighted by Crippen LogP contribution is -2.51. The zero-order valence-corrected chi connectivity index (χ0v) is 15.3. The molecule has 0 aliphatic carbocycles. The summed E-state index contributed by atoms with van der Waals surface area (Å²) in [6.07, 6.45) is 0. The van der Waals surface area contributed by atoms with Gasteiger partial charge in [0.15, 0.2) is 0 Å². The first-order chi connectivity index (χ1) is 12.8. The van der Waals surface area contributed by atoms with Crippen molar-refractivity contribution in [2.75, 3.05) is 22.1 Å². The number of benzene rings is 2. The number of hydrogen-bond donors (Lipinski definition) is 1. The summed E-state index contributed by atoms with van der Waals surface area (Å²) >= 11 is 1.20. The fraction of sp³-hybridized carbons (Fsp3) is 0.211. The third-order valence-corrected chi connectivity index (χ3v) is 6.10. The molecule has 2 aromatic carbocycles. The highest BCUT2D eigenvalue weighted by molar-refractivity contribution is 8.02. The lowest BCUT2D eigenvalue weighted by molar-refractivity contribution is -0.125. The third-order valence-electron chi connectivity index (χ3n) is 4.71. The molecule has 2 aromatic rings. The molecule has 0 radical (unpaired) electrons. The van der Waals surface area contributed by atoms with Gasteiger partial charge in [-0.1, -0.05) is 17.7 Å². The van der Waals surface area contributed by atoms with Crippen LogP contribution < -0.4 is 15.5 Å². The van der Waals surface area contributed by atoms with E-state index in [2.05, 4.69) is 0 Å². The standard InChI is InChI=1S/C19H16FN3O3S/c1-11-2-7-15-14(8-11)19(18(26)22(15)9-16(21)24)23(17(25)10-27-19)13-5-3-12(20)4-6-13/h2-8H,9-10H2,1H3,(H2,21,24). The van der Waals surface area contributed by atoms with Gasteiger partial charge in [0, 0.05) is 11.3 Å². The molecule has 1 spiro atoms. The number of rotatable bonds is 3. The molecule has 1 unspecified atom stereocenters. The second-order valence-corrected chi connectivity index (χ2v) is 7.68. The molecule has 138 valence electrons. The molecule has 0 saturated carbocycles. The Kier molecular flexibility index (Phi) is 3.96. The monoisotopic (exact) mass is 385 g/mol. The molecule has 3 amide bonds. The minimum absolute atomic E-state index is 0.0981. The Labute approximate surface area is 159 Å². The highest BCUT2D eigenvalue weighted by atomic mass is 32.2. The van der Waals surface area contributed by atoms with Gasteiger partial charge in [-0.3, -0.25) is 24.2 Å². The average molecular weight is 385 g/mol. The highest BCUT2D eigenvalue weighted by Gasteiger charge is 2.61. The van der Waals surface area contributed by atoms with E-state index in [0.717, 1.165) is 5.56 Å². The third kappa shape index (κ3) is 2.51. The van der Waals surface area contributed by atoms with Crippen LogP contribution in [-0.4, -0.2) is 30.0 Å². The Morgan fingerprint density at radius 2 is 1.93 bits per heavy atom. The number of carbonyl (C=O) groups excluding carboxylic acids is 3. The summed E-state index contributed by atoms with van der Waals surface area (Å²) in [5.41, 5.74) is 7.87. The van der Waals surface area contributed by atoms with Crippen LogP contribution in [-0.2, 0) is 19.3 Å². The first-order valence-corrected chi connectivity index (χ1v) is 9.27. The summed E-state index contributed by atoms with van der Waals surface area (Å²) in [7, 11) is 0. The van der Waals surface area contributed by atoms with Crippen LogP contribution in [0.3, 0.4) is 0 Å². The Hall–Kier alpha value is -2.87. The normalized spacial score (nSPS) is 21.3. The molecule has 6 nitrogen and oxygen atoms in total. The summed E-state index contributed by atoms with van der Waals surface area (Å²) in [5.74, 6) is -1.64. The van der Waals surface area contributed by atoms with Gasteiger partial charge in [0.05, 0.1) is 11.4 Å². The van der Waals surface area contributed by atoms with Crippen molar-refractivity contribution >= 4 is 40.9 Å². The van der Waals surface area contributed by atoms with Gasteiger partial charge in [0.25, 0.3) is 5.91 Å². The fourth-order valence-electron chi connectivity index (χ4n) is 3.62. The molecule has 0 aromatic heterocycles. The number of carbonyl (C=O) groups is 3. The Bertz CT molecular complexity index is 979. The number of hydrogen-bond acceptors (Lipinski definition) is 4. The van der Waals surface area contributed by atoms with Crippen LogP contribution in [0, 0.1) is 12.7 Å². The highest BCUT2D eigenvalue weighted by Crippen LogP contribution is 2.55. The molecule has 27 heavy (non-hydrogen) atoms. The van der Waals surface area contributed by atoms with E-state index in [1.807, 2.05) is 19.1 Å². The molecule has 1 saturated heterocycles. The minimum atomic E-state index is -1.33. The van der Waals surface area contributed by atoms with Gasteiger partial charge >= 0.3 is 0 Å². The Balaban J connectivity index is 1.93. The van der Waals surface area contributed by atoms with Gasteiger partial charge in [-0.2, -0.15) is 0 Å². The number of halogens is 1. The average Bonchev–Trinajstić information content (AvgIpc) is 3.07. The zero-order valence-electron chi connectivity index (χ0n) is 14.4. The lowest BCUT2D eigenvalue weighted by Gasteiger charge is -2.33. The fourth-order valence-corrected chi connectivity index (χ4v) is 4.97. The largest absolute Gasteiger partial charge is 0.368 e. The summed E-state index contributed by atoms with van der Waals surface area (Å²) in [6, 6.07) is 10.9. The van der Waals surface area contributed by atoms with E-state index in [1.165, 1.54) is 45.8 Å². The second-order valence-electron chi connectivity index (χ2n) is 6.52. The number of nitrogens with two attached hydrogens (primary N) is 1. The maximum atomic E-state index is 13.5. The summed E-state index contributed by atoms with van der Waals surface area (Å²) in [4.78, 5) is 39.1. The van der Waals surface area contributed by atoms with Crippen LogP contribution in [0.25, 0.3) is 0 Å². The van der Waals surface area contributed by atoms with E-state index < -0.39 is 22.5 Å². The first kappa shape index (κ1) is 17.5. The Morgan fingerprint density at radius 3 is 2.59 bits per heavy atom. The molecule has 4 rings (SSSR count). The maximum Gasteiger partial charge on any atom is 0.269 e. The van der Waals surface area contributed by atoms with Crippen LogP contribution >= 0.6 is 11.8 Å². The molecular formula is C19H16FN3O3S. The smallest absolute Gasteiger partial charge is 0.269 e. The van der Waals surface area contributed by atoms with E-state index in [9.17, 15) is 18.8 Å². The van der Waals surface area contributed by atoms with Crippen LogP contribution in [0.4, 0.5) is 15.8 Å². The zero-order chi connectivity index (χ0) is 19.3. The van der Waals surface area contributed by atoms with E-state index in [4.69, 9.17) is 5.73 Å². The topological polar surface area (TPSA) is 83.7 Å². The number of fused-ring (bicyclic) bond motifs is 2. The molecule has 2 heterocycles. The van der Waals surface area contributed by atoms with Gasteiger partial charge in [-0.05, 0) is 37.3 Å². The molecule has 1 fully saturated rings. The summed E-state index contributed by atoms with van der Waals surface area (Å²) < 4.78 is 13.4. The molecule has 8 heteroatoms. The predicted molar refractivity (Wildman–Crippen MR) is 101 cm³/mol. The minimum Gasteiger partial charge on any atom is -0.368 e. The molecule has 0 bridgehead atoms. The summed E-state index contributed by atoms with van der Waals surface area (Å²) in [6.45, 7) is 1.61. The van der Waals surface area contributed by atoms with Crippen LogP contribution in [0.1, 0.15) is 11.1 Å². The van der Waals surface area contributed by atoms with Gasteiger partial charge in [0.1, 0.15) is 12.4 Å². The van der Waals surface area contributed by atoms with E-state index in [0.29, 0.717) is 16.9 Å². The van der Waals surface area contributed by atoms with Crippen molar-refractivity contribution in [2.45, 2.75) is 11.8 Å². The number of thioether (sulfide) groups is 1. The SMILES string of the molecule is Cc1ccc2c(c1)C1(SCC(=O)N1c1ccc(F)cc1)C(=O)N2CC(N)=O. The van der Waals surface area contributed by atoms with E-state index in [-0.39, 0.29) is 18.2 Å². The molecule has 1 atom stereocenters. The number of amides is 3. The van der Waals surface area contributed by atoms with Gasteiger partial charge in [-0.15, -0.1) is 11.8 Å². The number of anilines is 2. The van der Waals surface area contributed by atoms with Crippen molar-refractivity contribution in [2.24, 2.45) is 5.73 Å². The van der Waals surface area contributed by atoms with Crippen molar-refractivity contribution in [3.8, 4) is 0 Å². The van der Waals surface area contributed by atoms with Crippen LogP contribution in [0.5, 0.6) is 0 Å². The van der Waals surface area contributed by atoms with Gasteiger partial charge < -0.3 is 5.73 Å². The number of aryl methyl sites for hydroxylation is 1. The number of nitrogens with zero attached hydrogens (tertiary/aromatic N) is 2. The molecule has 2 aliphatic heterocycles. The molecule has 2 aliphatic rings.